The Morgan fingerprint density at radius 1 is 0.983 bits per heavy atom. The summed E-state index contributed by atoms with van der Waals surface area (Å²) in [6.45, 7) is 4.11. The summed E-state index contributed by atoms with van der Waals surface area (Å²) < 4.78 is 47.9. The van der Waals surface area contributed by atoms with E-state index in [1.165, 1.54) is 0 Å². The Morgan fingerprint density at radius 2 is 1.83 bits per heavy atom. The van der Waals surface area contributed by atoms with Crippen molar-refractivity contribution in [3.8, 4) is 34.5 Å². The van der Waals surface area contributed by atoms with Crippen LogP contribution in [0.2, 0.25) is 0 Å². The third-order valence-electron chi connectivity index (χ3n) is 10.2. The van der Waals surface area contributed by atoms with Gasteiger partial charge in [0.25, 0.3) is 0 Å². The SMILES string of the molecule is CC(C)Cc1c2c(cc3c1OC1c4cc(OOC5C(OCCN)OC(COC(=O)CC(=O)O)C(OCCCO)C5O)c(Cc5cccc(O)c5)cc4OCC31)OCO2. The predicted octanol–water partition coefficient (Wildman–Crippen LogP) is 3.05. The van der Waals surface area contributed by atoms with Crippen LogP contribution in [0, 0.1) is 5.92 Å². The lowest BCUT2D eigenvalue weighted by Gasteiger charge is -2.42. The maximum atomic E-state index is 12.1. The molecule has 17 heteroatoms. The van der Waals surface area contributed by atoms with Crippen LogP contribution in [0.4, 0.5) is 0 Å². The number of rotatable bonds is 18. The van der Waals surface area contributed by atoms with Crippen LogP contribution in [0.1, 0.15) is 66.5 Å². The third kappa shape index (κ3) is 9.05. The van der Waals surface area contributed by atoms with Gasteiger partial charge in [0.05, 0.1) is 19.1 Å². The average Bonchev–Trinajstić information content (AvgIpc) is 3.81. The molecule has 1 saturated heterocycles. The smallest absolute Gasteiger partial charge is 0.317 e. The summed E-state index contributed by atoms with van der Waals surface area (Å²) in [6, 6.07) is 12.3. The monoisotopic (exact) mass is 811 g/mol. The summed E-state index contributed by atoms with van der Waals surface area (Å²) in [4.78, 5) is 35.3. The van der Waals surface area contributed by atoms with E-state index in [2.05, 4.69) is 13.8 Å². The minimum Gasteiger partial charge on any atom is -0.508 e. The van der Waals surface area contributed by atoms with E-state index in [4.69, 9.17) is 58.5 Å². The molecular weight excluding hydrogens is 762 g/mol. The summed E-state index contributed by atoms with van der Waals surface area (Å²) in [7, 11) is 0. The van der Waals surface area contributed by atoms with Gasteiger partial charge in [0, 0.05) is 48.4 Å². The number of hydrogen-bond acceptors (Lipinski definition) is 16. The molecule has 0 spiro atoms. The molecule has 4 aliphatic rings. The van der Waals surface area contributed by atoms with Crippen LogP contribution in [-0.4, -0.2) is 109 Å². The van der Waals surface area contributed by atoms with Crippen LogP contribution in [0.15, 0.2) is 42.5 Å². The van der Waals surface area contributed by atoms with Crippen molar-refractivity contribution in [2.24, 2.45) is 11.7 Å². The second-order valence-corrected chi connectivity index (χ2v) is 14.9. The fourth-order valence-corrected chi connectivity index (χ4v) is 7.60. The van der Waals surface area contributed by atoms with Crippen molar-refractivity contribution in [2.75, 3.05) is 46.4 Å². The molecule has 0 amide bonds. The number of carbonyl (C=O) groups excluding carboxylic acids is 1. The van der Waals surface area contributed by atoms with Gasteiger partial charge < -0.3 is 68.9 Å². The first-order valence-corrected chi connectivity index (χ1v) is 19.3. The first-order valence-electron chi connectivity index (χ1n) is 19.3. The van der Waals surface area contributed by atoms with Gasteiger partial charge in [0.1, 0.15) is 54.7 Å². The number of aromatic hydroxyl groups is 1. The Labute approximate surface area is 334 Å². The van der Waals surface area contributed by atoms with Gasteiger partial charge in [-0.15, -0.1) is 0 Å². The number of esters is 1. The van der Waals surface area contributed by atoms with Crippen molar-refractivity contribution in [1.29, 1.82) is 0 Å². The fraction of sp³-hybridized carbons (Fsp3) is 0.512. The number of nitrogens with two attached hydrogens (primary N) is 1. The number of hydrogen-bond donors (Lipinski definition) is 5. The van der Waals surface area contributed by atoms with E-state index in [0.29, 0.717) is 47.3 Å². The summed E-state index contributed by atoms with van der Waals surface area (Å²) in [5.41, 5.74) is 9.70. The van der Waals surface area contributed by atoms with E-state index in [1.54, 1.807) is 24.3 Å². The molecule has 0 aliphatic carbocycles. The quantitative estimate of drug-likeness (QED) is 0.0408. The van der Waals surface area contributed by atoms with Gasteiger partial charge in [-0.25, -0.2) is 0 Å². The number of ether oxygens (including phenoxy) is 8. The Bertz CT molecular complexity index is 1940. The molecule has 7 rings (SSSR count). The van der Waals surface area contributed by atoms with Crippen LogP contribution >= 0.6 is 0 Å². The van der Waals surface area contributed by atoms with Crippen molar-refractivity contribution < 1.29 is 77.7 Å². The number of carboxylic acids is 1. The first-order chi connectivity index (χ1) is 28.0. The molecule has 0 aromatic heterocycles. The molecule has 0 saturated carbocycles. The number of aliphatic hydroxyl groups excluding tert-OH is 2. The Kier molecular flexibility index (Phi) is 13.1. The molecule has 7 atom stereocenters. The minimum absolute atomic E-state index is 0.00693. The molecule has 3 aromatic carbocycles. The van der Waals surface area contributed by atoms with Crippen molar-refractivity contribution >= 4 is 11.9 Å². The first kappa shape index (κ1) is 41.3. The van der Waals surface area contributed by atoms with E-state index in [-0.39, 0.29) is 63.4 Å². The second-order valence-electron chi connectivity index (χ2n) is 14.9. The van der Waals surface area contributed by atoms with E-state index in [0.717, 1.165) is 22.4 Å². The molecular formula is C41H49NO16. The number of carbonyl (C=O) groups is 2. The molecule has 6 N–H and O–H groups in total. The second kappa shape index (κ2) is 18.4. The molecule has 0 radical (unpaired) electrons. The number of fused-ring (bicyclic) bond motifs is 6. The number of benzene rings is 3. The fourth-order valence-electron chi connectivity index (χ4n) is 7.60. The van der Waals surface area contributed by atoms with Crippen molar-refractivity contribution in [3.05, 3.63) is 70.3 Å². The standard InChI is InChI=1S/C41H49NO16/c1-21(2)11-27-36-25(15-31-38(27)54-20-53-31)28-18-51-30-14-23(12-22-5-3-6-24(44)13-22)29(16-26(30)37(28)56-36)57-58-40-35(48)39(49-9-4-8-43)32(55-41(40)50-10-7-42)19-52-34(47)17-33(45)46/h3,5-6,13-16,21,28,32,35,37,39-41,43-44,48H,4,7-12,17-20,42H2,1-2H3,(H,45,46). The van der Waals surface area contributed by atoms with E-state index in [1.807, 2.05) is 18.2 Å². The van der Waals surface area contributed by atoms with Gasteiger partial charge in [0.2, 0.25) is 6.79 Å². The number of aliphatic carboxylic acids is 1. The molecule has 4 heterocycles. The summed E-state index contributed by atoms with van der Waals surface area (Å²) in [6.07, 6.45) is -6.66. The van der Waals surface area contributed by atoms with Crippen LogP contribution in [0.5, 0.6) is 34.5 Å². The zero-order chi connectivity index (χ0) is 40.9. The van der Waals surface area contributed by atoms with Crippen molar-refractivity contribution in [2.45, 2.75) is 82.3 Å². The number of aliphatic hydroxyl groups is 2. The molecule has 1 fully saturated rings. The largest absolute Gasteiger partial charge is 0.508 e. The van der Waals surface area contributed by atoms with Crippen molar-refractivity contribution in [1.82, 2.24) is 0 Å². The highest BCUT2D eigenvalue weighted by Crippen LogP contribution is 2.57. The number of phenolic OH excluding ortho intramolecular Hbond substituents is 1. The maximum Gasteiger partial charge on any atom is 0.317 e. The van der Waals surface area contributed by atoms with Gasteiger partial charge in [-0.05, 0) is 54.7 Å². The number of carboxylic acid groups (broad SMARTS) is 1. The highest BCUT2D eigenvalue weighted by atomic mass is 17.2. The van der Waals surface area contributed by atoms with Gasteiger partial charge in [-0.2, -0.15) is 4.89 Å². The molecule has 4 aliphatic heterocycles. The summed E-state index contributed by atoms with van der Waals surface area (Å²) >= 11 is 0. The zero-order valence-electron chi connectivity index (χ0n) is 32.2. The highest BCUT2D eigenvalue weighted by Gasteiger charge is 2.50. The average molecular weight is 812 g/mol. The summed E-state index contributed by atoms with van der Waals surface area (Å²) in [5, 5.41) is 40.4. The minimum atomic E-state index is -1.52. The molecule has 58 heavy (non-hydrogen) atoms. The van der Waals surface area contributed by atoms with Gasteiger partial charge >= 0.3 is 11.9 Å². The lowest BCUT2D eigenvalue weighted by atomic mass is 9.86. The maximum absolute atomic E-state index is 12.1. The van der Waals surface area contributed by atoms with Crippen molar-refractivity contribution in [3.63, 3.8) is 0 Å². The topological polar surface area (TPSA) is 233 Å². The van der Waals surface area contributed by atoms with Crippen LogP contribution in [0.25, 0.3) is 0 Å². The molecule has 17 nitrogen and oxygen atoms in total. The Morgan fingerprint density at radius 3 is 2.59 bits per heavy atom. The zero-order valence-corrected chi connectivity index (χ0v) is 32.2. The van der Waals surface area contributed by atoms with Crippen LogP contribution in [-0.2, 0) is 46.3 Å². The van der Waals surface area contributed by atoms with Gasteiger partial charge in [0.15, 0.2) is 29.6 Å². The van der Waals surface area contributed by atoms with E-state index in [9.17, 15) is 24.9 Å². The lowest BCUT2D eigenvalue weighted by Crippen LogP contribution is -2.61. The normalized spacial score (nSPS) is 24.0. The molecule has 0 bridgehead atoms. The summed E-state index contributed by atoms with van der Waals surface area (Å²) in [5.74, 6) is 0.729. The predicted molar refractivity (Wildman–Crippen MR) is 200 cm³/mol. The van der Waals surface area contributed by atoms with E-state index >= 15 is 0 Å². The highest BCUT2D eigenvalue weighted by molar-refractivity contribution is 5.90. The number of phenols is 1. The van der Waals surface area contributed by atoms with Crippen LogP contribution in [0.3, 0.4) is 0 Å². The molecule has 3 aromatic rings. The Balaban J connectivity index is 1.20. The third-order valence-corrected chi connectivity index (χ3v) is 10.2. The lowest BCUT2D eigenvalue weighted by molar-refractivity contribution is -0.375. The van der Waals surface area contributed by atoms with Gasteiger partial charge in [-0.3, -0.25) is 9.59 Å². The Hall–Kier alpha value is -4.88. The van der Waals surface area contributed by atoms with E-state index < -0.39 is 61.8 Å². The van der Waals surface area contributed by atoms with Crippen LogP contribution < -0.4 is 29.6 Å². The molecule has 7 unspecified atom stereocenters. The van der Waals surface area contributed by atoms with Gasteiger partial charge in [-0.1, -0.05) is 26.0 Å². The molecule has 314 valence electrons.